The summed E-state index contributed by atoms with van der Waals surface area (Å²) < 4.78 is 14.3. The third-order valence-corrected chi connectivity index (χ3v) is 2.29. The van der Waals surface area contributed by atoms with Crippen molar-refractivity contribution in [3.63, 3.8) is 0 Å². The van der Waals surface area contributed by atoms with Gasteiger partial charge in [0.25, 0.3) is 6.33 Å². The highest BCUT2D eigenvalue weighted by Gasteiger charge is 2.02. The van der Waals surface area contributed by atoms with E-state index in [9.17, 15) is 9.50 Å². The molecule has 3 nitrogen and oxygen atoms in total. The molecule has 1 aromatic carbocycles. The monoisotopic (exact) mass is 231 g/mol. The van der Waals surface area contributed by atoms with Gasteiger partial charge in [0.15, 0.2) is 11.5 Å². The molecular formula is C13H12FN2O+. The van der Waals surface area contributed by atoms with Crippen LogP contribution >= 0.6 is 0 Å². The molecule has 4 heteroatoms. The Kier molecular flexibility index (Phi) is 3.14. The first-order valence-electron chi connectivity index (χ1n) is 5.15. The molecule has 0 fully saturated rings. The van der Waals surface area contributed by atoms with Crippen LogP contribution in [0.5, 0.6) is 0 Å². The molecule has 1 aromatic heterocycles. The van der Waals surface area contributed by atoms with E-state index in [1.54, 1.807) is 17.1 Å². The van der Waals surface area contributed by atoms with Crippen LogP contribution in [0.4, 0.5) is 4.39 Å². The predicted octanol–water partition coefficient (Wildman–Crippen LogP) is 2.33. The van der Waals surface area contributed by atoms with Crippen LogP contribution in [0.25, 0.3) is 12.0 Å². The topological polar surface area (TPSA) is 37.0 Å². The average Bonchev–Trinajstić information content (AvgIpc) is 2.33. The molecule has 0 aliphatic carbocycles. The van der Waals surface area contributed by atoms with E-state index in [4.69, 9.17) is 0 Å². The Morgan fingerprint density at radius 2 is 2.00 bits per heavy atom. The van der Waals surface area contributed by atoms with Gasteiger partial charge in [0.1, 0.15) is 12.0 Å². The largest absolute Gasteiger partial charge is 0.504 e. The Bertz CT molecular complexity index is 532. The molecule has 0 amide bonds. The van der Waals surface area contributed by atoms with Crippen molar-refractivity contribution < 1.29 is 14.1 Å². The van der Waals surface area contributed by atoms with E-state index in [-0.39, 0.29) is 11.6 Å². The average molecular weight is 231 g/mol. The maximum atomic E-state index is 12.7. The van der Waals surface area contributed by atoms with Crippen molar-refractivity contribution in [3.05, 3.63) is 59.9 Å². The molecule has 86 valence electrons. The normalized spacial score (nSPS) is 11.5. The van der Waals surface area contributed by atoms with Gasteiger partial charge in [0.2, 0.25) is 0 Å². The van der Waals surface area contributed by atoms with Gasteiger partial charge < -0.3 is 5.11 Å². The van der Waals surface area contributed by atoms with Gasteiger partial charge in [0.05, 0.1) is 6.20 Å². The molecule has 0 radical (unpaired) electrons. The highest BCUT2D eigenvalue weighted by molar-refractivity contribution is 5.65. The summed E-state index contributed by atoms with van der Waals surface area (Å²) >= 11 is 0. The van der Waals surface area contributed by atoms with Crippen molar-refractivity contribution in [1.82, 2.24) is 4.98 Å². The minimum Gasteiger partial charge on any atom is -0.504 e. The zero-order valence-electron chi connectivity index (χ0n) is 9.34. The van der Waals surface area contributed by atoms with Gasteiger partial charge in [-0.05, 0) is 24.3 Å². The van der Waals surface area contributed by atoms with Crippen molar-refractivity contribution in [2.45, 2.75) is 6.92 Å². The van der Waals surface area contributed by atoms with E-state index in [0.29, 0.717) is 5.56 Å². The fraction of sp³-hybridized carbons (Fsp3) is 0.0769. The second kappa shape index (κ2) is 4.74. The third kappa shape index (κ3) is 2.87. The summed E-state index contributed by atoms with van der Waals surface area (Å²) in [6.45, 7) is 1.88. The number of aromatic nitrogens is 2. The molecule has 2 aromatic rings. The summed E-state index contributed by atoms with van der Waals surface area (Å²) in [7, 11) is 0. The number of nitrogens with zero attached hydrogens (tertiary/aromatic N) is 2. The first-order valence-corrected chi connectivity index (χ1v) is 5.15. The Balaban J connectivity index is 2.27. The van der Waals surface area contributed by atoms with Crippen molar-refractivity contribution in [1.29, 1.82) is 0 Å². The lowest BCUT2D eigenvalue weighted by Crippen LogP contribution is -2.26. The highest BCUT2D eigenvalue weighted by Crippen LogP contribution is 2.11. The van der Waals surface area contributed by atoms with Gasteiger partial charge in [-0.15, -0.1) is 0 Å². The first-order chi connectivity index (χ1) is 8.15. The van der Waals surface area contributed by atoms with Crippen LogP contribution in [0.2, 0.25) is 0 Å². The lowest BCUT2D eigenvalue weighted by Gasteiger charge is -1.98. The second-order valence-electron chi connectivity index (χ2n) is 3.67. The third-order valence-electron chi connectivity index (χ3n) is 2.29. The Labute approximate surface area is 98.5 Å². The van der Waals surface area contributed by atoms with Gasteiger partial charge in [-0.3, -0.25) is 0 Å². The van der Waals surface area contributed by atoms with Gasteiger partial charge >= 0.3 is 0 Å². The van der Waals surface area contributed by atoms with Crippen molar-refractivity contribution in [2.75, 3.05) is 0 Å². The van der Waals surface area contributed by atoms with Crippen LogP contribution in [0.1, 0.15) is 11.3 Å². The van der Waals surface area contributed by atoms with Crippen LogP contribution < -0.4 is 4.57 Å². The van der Waals surface area contributed by atoms with Crippen molar-refractivity contribution in [3.8, 4) is 0 Å². The van der Waals surface area contributed by atoms with Gasteiger partial charge in [-0.25, -0.2) is 8.96 Å². The number of hydrogen-bond donors (Lipinski definition) is 1. The van der Waals surface area contributed by atoms with Crippen molar-refractivity contribution in [2.24, 2.45) is 0 Å². The number of hydrogen-bond acceptors (Lipinski definition) is 2. The van der Waals surface area contributed by atoms with Gasteiger partial charge in [-0.1, -0.05) is 4.98 Å². The van der Waals surface area contributed by atoms with E-state index < -0.39 is 0 Å². The molecule has 1 N–H and O–H groups in total. The number of aliphatic hydroxyl groups is 1. The molecule has 0 bridgehead atoms. The Morgan fingerprint density at radius 3 is 2.59 bits per heavy atom. The van der Waals surface area contributed by atoms with Crippen LogP contribution in [0, 0.1) is 12.7 Å². The Hall–Kier alpha value is -2.23. The smallest absolute Gasteiger partial charge is 0.291 e. The second-order valence-corrected chi connectivity index (χ2v) is 3.67. The zero-order valence-corrected chi connectivity index (χ0v) is 9.34. The number of rotatable bonds is 2. The molecule has 0 aliphatic rings. The summed E-state index contributed by atoms with van der Waals surface area (Å²) in [6, 6.07) is 7.47. The van der Waals surface area contributed by atoms with Crippen LogP contribution in [-0.2, 0) is 0 Å². The standard InChI is InChI=1S/C13H11FN2O/c1-10-6-7-16(9-15-10)8-13(17)11-2-4-12(14)5-3-11/h2-9H,1H3/p+1/b13-8+. The van der Waals surface area contributed by atoms with Gasteiger partial charge in [-0.2, -0.15) is 0 Å². The summed E-state index contributed by atoms with van der Waals surface area (Å²) in [5, 5.41) is 9.82. The van der Waals surface area contributed by atoms with E-state index in [1.807, 2.05) is 13.0 Å². The first kappa shape index (κ1) is 11.3. The highest BCUT2D eigenvalue weighted by atomic mass is 19.1. The SMILES string of the molecule is Cc1cc[n+](/C=C(/O)c2ccc(F)cc2)cn1. The maximum Gasteiger partial charge on any atom is 0.291 e. The van der Waals surface area contributed by atoms with E-state index >= 15 is 0 Å². The van der Waals surface area contributed by atoms with Crippen LogP contribution in [0.15, 0.2) is 42.9 Å². The summed E-state index contributed by atoms with van der Waals surface area (Å²) in [4.78, 5) is 4.09. The fourth-order valence-electron chi connectivity index (χ4n) is 1.35. The maximum absolute atomic E-state index is 12.7. The summed E-state index contributed by atoms with van der Waals surface area (Å²) in [5.41, 5.74) is 1.45. The predicted molar refractivity (Wildman–Crippen MR) is 62.4 cm³/mol. The molecule has 0 aliphatic heterocycles. The molecule has 0 unspecified atom stereocenters. The molecule has 0 saturated heterocycles. The summed E-state index contributed by atoms with van der Waals surface area (Å²) in [6.07, 6.45) is 4.89. The molecule has 0 saturated carbocycles. The van der Waals surface area contributed by atoms with Gasteiger partial charge in [0, 0.05) is 18.6 Å². The Morgan fingerprint density at radius 1 is 1.29 bits per heavy atom. The molecule has 0 spiro atoms. The minimum absolute atomic E-state index is 0.0562. The van der Waals surface area contributed by atoms with Crippen LogP contribution in [0.3, 0.4) is 0 Å². The molecular weight excluding hydrogens is 219 g/mol. The molecule has 2 rings (SSSR count). The number of aliphatic hydroxyl groups excluding tert-OH is 1. The van der Waals surface area contributed by atoms with E-state index in [1.165, 1.54) is 30.5 Å². The minimum atomic E-state index is -0.328. The van der Waals surface area contributed by atoms with Crippen molar-refractivity contribution >= 4 is 12.0 Å². The lowest BCUT2D eigenvalue weighted by atomic mass is 10.2. The zero-order chi connectivity index (χ0) is 12.3. The summed E-state index contributed by atoms with van der Waals surface area (Å²) in [5.74, 6) is -0.271. The number of aryl methyl sites for hydroxylation is 1. The van der Waals surface area contributed by atoms with E-state index in [2.05, 4.69) is 4.98 Å². The molecule has 17 heavy (non-hydrogen) atoms. The lowest BCUT2D eigenvalue weighted by molar-refractivity contribution is -0.571. The van der Waals surface area contributed by atoms with Crippen LogP contribution in [-0.4, -0.2) is 10.1 Å². The molecule has 1 heterocycles. The number of benzene rings is 1. The van der Waals surface area contributed by atoms with E-state index in [0.717, 1.165) is 5.69 Å². The fourth-order valence-corrected chi connectivity index (χ4v) is 1.35. The quantitative estimate of drug-likeness (QED) is 0.636. The molecule has 0 atom stereocenters. The number of halogens is 1.